The molecule has 0 aliphatic heterocycles. The van der Waals surface area contributed by atoms with Gasteiger partial charge in [0.2, 0.25) is 5.56 Å². The highest BCUT2D eigenvalue weighted by Crippen LogP contribution is 2.30. The Balaban J connectivity index is 2.95. The van der Waals surface area contributed by atoms with Crippen molar-refractivity contribution in [3.8, 4) is 0 Å². The van der Waals surface area contributed by atoms with Crippen LogP contribution < -0.4 is 10.9 Å². The average Bonchev–Trinajstić information content (AvgIpc) is 2.28. The number of aromatic nitrogens is 1. The fourth-order valence-corrected chi connectivity index (χ4v) is 1.33. The fourth-order valence-electron chi connectivity index (χ4n) is 1.33. The Bertz CT molecular complexity index is 538. The van der Waals surface area contributed by atoms with Crippen molar-refractivity contribution in [2.75, 3.05) is 0 Å². The van der Waals surface area contributed by atoms with Gasteiger partial charge in [0.15, 0.2) is 0 Å². The lowest BCUT2D eigenvalue weighted by Crippen LogP contribution is -2.57. The van der Waals surface area contributed by atoms with E-state index in [4.69, 9.17) is 0 Å². The number of pyridine rings is 1. The van der Waals surface area contributed by atoms with E-state index in [9.17, 15) is 19.5 Å². The number of aromatic amines is 1. The lowest BCUT2D eigenvalue weighted by atomic mass is 9.74. The van der Waals surface area contributed by atoms with Crippen LogP contribution in [0, 0.1) is 5.41 Å². The summed E-state index contributed by atoms with van der Waals surface area (Å²) in [6.07, 6.45) is 1.29. The molecule has 0 bridgehead atoms. The summed E-state index contributed by atoms with van der Waals surface area (Å²) in [5.74, 6) is -1.44. The molecule has 0 saturated heterocycles. The molecule has 104 valence electrons. The minimum Gasteiger partial charge on any atom is -0.481 e. The van der Waals surface area contributed by atoms with Gasteiger partial charge in [-0.05, 0) is 33.8 Å². The van der Waals surface area contributed by atoms with E-state index in [0.29, 0.717) is 0 Å². The van der Waals surface area contributed by atoms with Crippen LogP contribution >= 0.6 is 0 Å². The highest BCUT2D eigenvalue weighted by molar-refractivity contribution is 5.94. The number of aliphatic carboxylic acids is 1. The Labute approximate surface area is 110 Å². The molecule has 1 amide bonds. The van der Waals surface area contributed by atoms with Gasteiger partial charge in [-0.1, -0.05) is 0 Å². The second-order valence-corrected chi connectivity index (χ2v) is 5.45. The molecule has 19 heavy (non-hydrogen) atoms. The molecule has 3 N–H and O–H groups in total. The maximum atomic E-state index is 12.0. The van der Waals surface area contributed by atoms with Crippen LogP contribution in [0.2, 0.25) is 0 Å². The van der Waals surface area contributed by atoms with Crippen molar-refractivity contribution in [2.45, 2.75) is 33.2 Å². The Morgan fingerprint density at radius 1 is 1.21 bits per heavy atom. The summed E-state index contributed by atoms with van der Waals surface area (Å²) in [6.45, 7) is 6.38. The van der Waals surface area contributed by atoms with Crippen molar-refractivity contribution in [3.05, 3.63) is 34.2 Å². The van der Waals surface area contributed by atoms with Crippen LogP contribution in [0.3, 0.4) is 0 Å². The van der Waals surface area contributed by atoms with E-state index in [1.807, 2.05) is 0 Å². The van der Waals surface area contributed by atoms with Gasteiger partial charge in [0, 0.05) is 12.3 Å². The molecule has 0 fully saturated rings. The summed E-state index contributed by atoms with van der Waals surface area (Å²) in [5, 5.41) is 11.9. The lowest BCUT2D eigenvalue weighted by molar-refractivity contribution is -0.150. The predicted molar refractivity (Wildman–Crippen MR) is 70.0 cm³/mol. The third kappa shape index (κ3) is 3.01. The molecular weight excluding hydrogens is 248 g/mol. The van der Waals surface area contributed by atoms with E-state index in [2.05, 4.69) is 10.3 Å². The van der Waals surface area contributed by atoms with E-state index in [-0.39, 0.29) is 11.1 Å². The monoisotopic (exact) mass is 266 g/mol. The van der Waals surface area contributed by atoms with Crippen molar-refractivity contribution in [2.24, 2.45) is 5.41 Å². The molecule has 1 aromatic rings. The molecule has 0 unspecified atom stereocenters. The highest BCUT2D eigenvalue weighted by Gasteiger charge is 2.44. The van der Waals surface area contributed by atoms with Crippen LogP contribution in [-0.2, 0) is 4.79 Å². The Hall–Kier alpha value is -2.11. The molecule has 0 spiro atoms. The third-order valence-corrected chi connectivity index (χ3v) is 3.57. The van der Waals surface area contributed by atoms with Gasteiger partial charge in [0.25, 0.3) is 5.91 Å². The zero-order chi connectivity index (χ0) is 14.8. The van der Waals surface area contributed by atoms with E-state index < -0.39 is 22.8 Å². The van der Waals surface area contributed by atoms with Crippen molar-refractivity contribution in [1.82, 2.24) is 10.3 Å². The quantitative estimate of drug-likeness (QED) is 0.756. The van der Waals surface area contributed by atoms with Gasteiger partial charge < -0.3 is 15.4 Å². The van der Waals surface area contributed by atoms with Gasteiger partial charge in [0.1, 0.15) is 0 Å². The van der Waals surface area contributed by atoms with Crippen LogP contribution in [0.15, 0.2) is 23.1 Å². The number of hydrogen-bond acceptors (Lipinski definition) is 3. The van der Waals surface area contributed by atoms with Gasteiger partial charge in [-0.3, -0.25) is 14.4 Å². The van der Waals surface area contributed by atoms with Crippen LogP contribution in [-0.4, -0.2) is 27.5 Å². The highest BCUT2D eigenvalue weighted by atomic mass is 16.4. The van der Waals surface area contributed by atoms with Gasteiger partial charge >= 0.3 is 5.97 Å². The van der Waals surface area contributed by atoms with E-state index in [0.717, 1.165) is 0 Å². The summed E-state index contributed by atoms with van der Waals surface area (Å²) >= 11 is 0. The SMILES string of the molecule is CC(C)(NC(=O)c1ccc(=O)[nH]c1)C(C)(C)C(=O)O. The first-order valence-electron chi connectivity index (χ1n) is 5.82. The van der Waals surface area contributed by atoms with Crippen LogP contribution in [0.25, 0.3) is 0 Å². The smallest absolute Gasteiger partial charge is 0.311 e. The molecular formula is C13H18N2O4. The summed E-state index contributed by atoms with van der Waals surface area (Å²) in [5.41, 5.74) is -2.12. The summed E-state index contributed by atoms with van der Waals surface area (Å²) in [6, 6.07) is 2.63. The standard InChI is InChI=1S/C13H18N2O4/c1-12(2,11(18)19)13(3,4)15-10(17)8-5-6-9(16)14-7-8/h5-7H,1-4H3,(H,14,16)(H,15,17)(H,18,19). The molecule has 1 rings (SSSR count). The summed E-state index contributed by atoms with van der Waals surface area (Å²) in [4.78, 5) is 36.6. The maximum Gasteiger partial charge on any atom is 0.311 e. The fraction of sp³-hybridized carbons (Fsp3) is 0.462. The normalized spacial score (nSPS) is 12.0. The minimum absolute atomic E-state index is 0.272. The van der Waals surface area contributed by atoms with Gasteiger partial charge in [0.05, 0.1) is 16.5 Å². The van der Waals surface area contributed by atoms with E-state index in [1.165, 1.54) is 18.3 Å². The average molecular weight is 266 g/mol. The van der Waals surface area contributed by atoms with Gasteiger partial charge in [-0.15, -0.1) is 0 Å². The first kappa shape index (κ1) is 14.9. The van der Waals surface area contributed by atoms with Crippen LogP contribution in [0.4, 0.5) is 0 Å². The van der Waals surface area contributed by atoms with Crippen molar-refractivity contribution < 1.29 is 14.7 Å². The topological polar surface area (TPSA) is 99.3 Å². The van der Waals surface area contributed by atoms with E-state index in [1.54, 1.807) is 27.7 Å². The minimum atomic E-state index is -1.13. The lowest BCUT2D eigenvalue weighted by Gasteiger charge is -2.38. The molecule has 0 aromatic carbocycles. The number of amides is 1. The number of nitrogens with one attached hydrogen (secondary N) is 2. The molecule has 1 aromatic heterocycles. The zero-order valence-corrected chi connectivity index (χ0v) is 11.4. The van der Waals surface area contributed by atoms with E-state index >= 15 is 0 Å². The second-order valence-electron chi connectivity index (χ2n) is 5.45. The van der Waals surface area contributed by atoms with Gasteiger partial charge in [-0.2, -0.15) is 0 Å². The predicted octanol–water partition coefficient (Wildman–Crippen LogP) is 0.994. The number of carbonyl (C=O) groups is 2. The zero-order valence-electron chi connectivity index (χ0n) is 11.4. The number of carboxylic acid groups (broad SMARTS) is 1. The largest absolute Gasteiger partial charge is 0.481 e. The third-order valence-electron chi connectivity index (χ3n) is 3.57. The second kappa shape index (κ2) is 4.87. The number of carboxylic acids is 1. The van der Waals surface area contributed by atoms with Gasteiger partial charge in [-0.25, -0.2) is 0 Å². The van der Waals surface area contributed by atoms with Crippen molar-refractivity contribution in [1.29, 1.82) is 0 Å². The van der Waals surface area contributed by atoms with Crippen LogP contribution in [0.5, 0.6) is 0 Å². The molecule has 6 heteroatoms. The number of carbonyl (C=O) groups excluding carboxylic acids is 1. The summed E-state index contributed by atoms with van der Waals surface area (Å²) < 4.78 is 0. The molecule has 0 saturated carbocycles. The number of H-pyrrole nitrogens is 1. The Morgan fingerprint density at radius 2 is 1.79 bits per heavy atom. The molecule has 0 atom stereocenters. The maximum absolute atomic E-state index is 12.0. The number of hydrogen-bond donors (Lipinski definition) is 3. The Kier molecular flexibility index (Phi) is 3.83. The molecule has 0 aliphatic rings. The molecule has 6 nitrogen and oxygen atoms in total. The number of rotatable bonds is 4. The van der Waals surface area contributed by atoms with Crippen molar-refractivity contribution in [3.63, 3.8) is 0 Å². The first-order chi connectivity index (χ1) is 8.58. The Morgan fingerprint density at radius 3 is 2.21 bits per heavy atom. The first-order valence-corrected chi connectivity index (χ1v) is 5.82. The van der Waals surface area contributed by atoms with Crippen molar-refractivity contribution >= 4 is 11.9 Å². The molecule has 1 heterocycles. The molecule has 0 aliphatic carbocycles. The summed E-state index contributed by atoms with van der Waals surface area (Å²) in [7, 11) is 0. The molecule has 0 radical (unpaired) electrons. The van der Waals surface area contributed by atoms with Crippen LogP contribution in [0.1, 0.15) is 38.1 Å².